The van der Waals surface area contributed by atoms with Crippen LogP contribution in [0.2, 0.25) is 0 Å². The maximum atomic E-state index is 12.2. The molecule has 2 bridgehead atoms. The molecule has 2 saturated carbocycles. The van der Waals surface area contributed by atoms with Gasteiger partial charge in [0.1, 0.15) is 5.60 Å². The molecule has 0 aliphatic heterocycles. The third-order valence-electron chi connectivity index (χ3n) is 5.26. The monoisotopic (exact) mass is 295 g/mol. The van der Waals surface area contributed by atoms with Crippen molar-refractivity contribution < 1.29 is 19.4 Å². The molecule has 0 aromatic carbocycles. The van der Waals surface area contributed by atoms with Gasteiger partial charge in [0.15, 0.2) is 0 Å². The Labute approximate surface area is 125 Å². The van der Waals surface area contributed by atoms with Crippen molar-refractivity contribution in [3.05, 3.63) is 12.2 Å². The molecule has 118 valence electrons. The average Bonchev–Trinajstić information content (AvgIpc) is 2.73. The van der Waals surface area contributed by atoms with Crippen LogP contribution in [0.3, 0.4) is 0 Å². The zero-order valence-electron chi connectivity index (χ0n) is 13.5. The van der Waals surface area contributed by atoms with Crippen LogP contribution in [0, 0.1) is 10.8 Å². The molecule has 0 unspecified atom stereocenters. The minimum atomic E-state index is -0.918. The van der Waals surface area contributed by atoms with Crippen molar-refractivity contribution in [2.24, 2.45) is 10.8 Å². The van der Waals surface area contributed by atoms with E-state index in [-0.39, 0.29) is 0 Å². The van der Waals surface area contributed by atoms with Gasteiger partial charge in [-0.15, -0.1) is 0 Å². The number of rotatable bonds is 2. The highest BCUT2D eigenvalue weighted by Gasteiger charge is 2.70. The van der Waals surface area contributed by atoms with Gasteiger partial charge in [-0.25, -0.2) is 4.79 Å². The van der Waals surface area contributed by atoms with Gasteiger partial charge >= 0.3 is 12.1 Å². The first-order valence-corrected chi connectivity index (χ1v) is 7.31. The standard InChI is InChI=1S/C16H25NO4/c1-10-14(5,6)16(17-12(20)21-13(2,3)4)8-7-15(10,9-16)11(18)19/h1,7-9H2,2-6H3,(H,17,20)(H,18,19)/t15-,16-/m1/s1. The molecule has 2 rings (SSSR count). The van der Waals surface area contributed by atoms with E-state index < -0.39 is 34.0 Å². The van der Waals surface area contributed by atoms with Crippen LogP contribution < -0.4 is 5.32 Å². The van der Waals surface area contributed by atoms with Crippen molar-refractivity contribution in [2.75, 3.05) is 0 Å². The Hall–Kier alpha value is -1.52. The van der Waals surface area contributed by atoms with Crippen molar-refractivity contribution >= 4 is 12.1 Å². The lowest BCUT2D eigenvalue weighted by molar-refractivity contribution is -0.146. The summed E-state index contributed by atoms with van der Waals surface area (Å²) >= 11 is 0. The Balaban J connectivity index is 2.29. The van der Waals surface area contributed by atoms with Gasteiger partial charge in [-0.3, -0.25) is 4.79 Å². The Bertz CT molecular complexity index is 517. The van der Waals surface area contributed by atoms with E-state index >= 15 is 0 Å². The third kappa shape index (κ3) is 2.14. The van der Waals surface area contributed by atoms with Crippen LogP contribution in [-0.4, -0.2) is 28.3 Å². The number of alkyl carbamates (subject to hydrolysis) is 1. The van der Waals surface area contributed by atoms with E-state index in [2.05, 4.69) is 11.9 Å². The van der Waals surface area contributed by atoms with Crippen LogP contribution in [0.4, 0.5) is 4.79 Å². The van der Waals surface area contributed by atoms with E-state index in [0.717, 1.165) is 0 Å². The molecule has 0 spiro atoms. The second kappa shape index (κ2) is 4.24. The second-order valence-corrected chi connectivity index (χ2v) is 7.88. The predicted molar refractivity (Wildman–Crippen MR) is 78.9 cm³/mol. The normalized spacial score (nSPS) is 33.9. The number of carboxylic acids is 1. The molecule has 2 N–H and O–H groups in total. The molecule has 5 nitrogen and oxygen atoms in total. The Morgan fingerprint density at radius 1 is 1.29 bits per heavy atom. The fourth-order valence-electron chi connectivity index (χ4n) is 3.87. The number of aliphatic carboxylic acids is 1. The van der Waals surface area contributed by atoms with E-state index in [1.165, 1.54) is 0 Å². The predicted octanol–water partition coefficient (Wildman–Crippen LogP) is 3.10. The van der Waals surface area contributed by atoms with Crippen molar-refractivity contribution in [1.29, 1.82) is 0 Å². The van der Waals surface area contributed by atoms with Gasteiger partial charge in [0.05, 0.1) is 11.0 Å². The van der Waals surface area contributed by atoms with Crippen molar-refractivity contribution in [1.82, 2.24) is 5.32 Å². The summed E-state index contributed by atoms with van der Waals surface area (Å²) in [6.07, 6.45) is 1.04. The average molecular weight is 295 g/mol. The molecule has 0 aromatic heterocycles. The quantitative estimate of drug-likeness (QED) is 0.768. The molecule has 2 aliphatic carbocycles. The highest BCUT2D eigenvalue weighted by molar-refractivity contribution is 5.82. The molecule has 0 aromatic rings. The van der Waals surface area contributed by atoms with Crippen molar-refractivity contribution in [2.45, 2.75) is 65.0 Å². The number of hydrogen-bond acceptors (Lipinski definition) is 3. The van der Waals surface area contributed by atoms with E-state index in [9.17, 15) is 14.7 Å². The van der Waals surface area contributed by atoms with E-state index in [1.54, 1.807) is 20.8 Å². The Morgan fingerprint density at radius 2 is 1.86 bits per heavy atom. The summed E-state index contributed by atoms with van der Waals surface area (Å²) in [5.41, 5.74) is -1.86. The van der Waals surface area contributed by atoms with Crippen LogP contribution in [-0.2, 0) is 9.53 Å². The molecule has 2 aliphatic rings. The highest BCUT2D eigenvalue weighted by Crippen LogP contribution is 2.67. The van der Waals surface area contributed by atoms with Crippen LogP contribution in [0.15, 0.2) is 12.2 Å². The lowest BCUT2D eigenvalue weighted by atomic mass is 9.65. The first-order valence-electron chi connectivity index (χ1n) is 7.31. The molecule has 2 fully saturated rings. The largest absolute Gasteiger partial charge is 0.481 e. The topological polar surface area (TPSA) is 75.6 Å². The lowest BCUT2D eigenvalue weighted by Crippen LogP contribution is -2.56. The van der Waals surface area contributed by atoms with Gasteiger partial charge in [-0.1, -0.05) is 26.0 Å². The van der Waals surface area contributed by atoms with Crippen LogP contribution in [0.25, 0.3) is 0 Å². The number of fused-ring (bicyclic) bond motifs is 2. The van der Waals surface area contributed by atoms with Crippen molar-refractivity contribution in [3.8, 4) is 0 Å². The van der Waals surface area contributed by atoms with Gasteiger partial charge in [-0.05, 0) is 40.0 Å². The summed E-state index contributed by atoms with van der Waals surface area (Å²) < 4.78 is 5.34. The first-order chi connectivity index (χ1) is 9.36. The molecule has 0 radical (unpaired) electrons. The van der Waals surface area contributed by atoms with Crippen LogP contribution >= 0.6 is 0 Å². The second-order valence-electron chi connectivity index (χ2n) is 7.88. The molecular weight excluding hydrogens is 270 g/mol. The maximum Gasteiger partial charge on any atom is 0.408 e. The summed E-state index contributed by atoms with van der Waals surface area (Å²) in [5.74, 6) is -0.842. The van der Waals surface area contributed by atoms with Crippen LogP contribution in [0.1, 0.15) is 53.9 Å². The maximum absolute atomic E-state index is 12.2. The zero-order chi connectivity index (χ0) is 16.3. The molecular formula is C16H25NO4. The number of carbonyl (C=O) groups excluding carboxylic acids is 1. The lowest BCUT2D eigenvalue weighted by Gasteiger charge is -2.44. The molecule has 2 atom stereocenters. The molecule has 0 saturated heterocycles. The molecule has 0 heterocycles. The van der Waals surface area contributed by atoms with Gasteiger partial charge in [0.2, 0.25) is 0 Å². The van der Waals surface area contributed by atoms with Gasteiger partial charge in [0.25, 0.3) is 0 Å². The summed E-state index contributed by atoms with van der Waals surface area (Å²) in [7, 11) is 0. The fraction of sp³-hybridized carbons (Fsp3) is 0.750. The number of amides is 1. The number of hydrogen-bond donors (Lipinski definition) is 2. The van der Waals surface area contributed by atoms with Crippen molar-refractivity contribution in [3.63, 3.8) is 0 Å². The SMILES string of the molecule is C=C1C(C)(C)[C@@]2(NC(=O)OC(C)(C)C)CC[C@@]1(C(=O)O)C2. The van der Waals surface area contributed by atoms with E-state index in [0.29, 0.717) is 24.8 Å². The molecule has 1 amide bonds. The molecule has 21 heavy (non-hydrogen) atoms. The first kappa shape index (κ1) is 15.9. The number of ether oxygens (including phenoxy) is 1. The summed E-state index contributed by atoms with van der Waals surface area (Å²) in [6.45, 7) is 13.4. The summed E-state index contributed by atoms with van der Waals surface area (Å²) in [5, 5.41) is 12.6. The number of nitrogens with one attached hydrogen (secondary N) is 1. The Kier molecular flexibility index (Phi) is 3.20. The molecule has 5 heteroatoms. The minimum Gasteiger partial charge on any atom is -0.481 e. The minimum absolute atomic E-state index is 0.389. The Morgan fingerprint density at radius 3 is 2.29 bits per heavy atom. The fourth-order valence-corrected chi connectivity index (χ4v) is 3.87. The number of carbonyl (C=O) groups is 2. The van der Waals surface area contributed by atoms with Gasteiger partial charge in [0, 0.05) is 5.41 Å². The van der Waals surface area contributed by atoms with Gasteiger partial charge in [-0.2, -0.15) is 0 Å². The number of carboxylic acid groups (broad SMARTS) is 1. The summed E-state index contributed by atoms with van der Waals surface area (Å²) in [6, 6.07) is 0. The highest BCUT2D eigenvalue weighted by atomic mass is 16.6. The van der Waals surface area contributed by atoms with Crippen LogP contribution in [0.5, 0.6) is 0 Å². The summed E-state index contributed by atoms with van der Waals surface area (Å²) in [4.78, 5) is 23.9. The third-order valence-corrected chi connectivity index (χ3v) is 5.26. The van der Waals surface area contributed by atoms with E-state index in [4.69, 9.17) is 4.74 Å². The van der Waals surface area contributed by atoms with E-state index in [1.807, 2.05) is 13.8 Å². The zero-order valence-corrected chi connectivity index (χ0v) is 13.5. The smallest absolute Gasteiger partial charge is 0.408 e. The van der Waals surface area contributed by atoms with Gasteiger partial charge < -0.3 is 15.2 Å².